The van der Waals surface area contributed by atoms with Crippen molar-refractivity contribution < 1.29 is 0 Å². The lowest BCUT2D eigenvalue weighted by Crippen LogP contribution is -2.28. The van der Waals surface area contributed by atoms with E-state index in [4.69, 9.17) is 0 Å². The molecule has 0 bridgehead atoms. The number of benzene rings is 1. The van der Waals surface area contributed by atoms with Crippen molar-refractivity contribution in [1.82, 2.24) is 5.32 Å². The molecule has 0 fully saturated rings. The van der Waals surface area contributed by atoms with Gasteiger partial charge in [0, 0.05) is 23.2 Å². The first-order valence-electron chi connectivity index (χ1n) is 8.09. The molecular weight excluding hydrogens is 262 g/mol. The molecule has 1 aromatic carbocycles. The van der Waals surface area contributed by atoms with E-state index in [0.29, 0.717) is 12.0 Å². The van der Waals surface area contributed by atoms with Crippen LogP contribution in [-0.2, 0) is 0 Å². The molecule has 0 aliphatic heterocycles. The third kappa shape index (κ3) is 7.35. The first-order chi connectivity index (χ1) is 9.63. The molecule has 114 valence electrons. The molecule has 0 saturated heterocycles. The highest BCUT2D eigenvalue weighted by molar-refractivity contribution is 7.99. The van der Waals surface area contributed by atoms with E-state index in [-0.39, 0.29) is 0 Å². The molecule has 0 aromatic heterocycles. The Hall–Kier alpha value is -0.470. The number of rotatable bonds is 10. The largest absolute Gasteiger partial charge is 0.313 e. The molecule has 1 aromatic rings. The van der Waals surface area contributed by atoms with Crippen LogP contribution in [0.5, 0.6) is 0 Å². The summed E-state index contributed by atoms with van der Waals surface area (Å²) in [6.45, 7) is 10.2. The van der Waals surface area contributed by atoms with Crippen LogP contribution in [0.1, 0.15) is 64.9 Å². The van der Waals surface area contributed by atoms with E-state index >= 15 is 0 Å². The van der Waals surface area contributed by atoms with Gasteiger partial charge in [0.2, 0.25) is 0 Å². The fraction of sp³-hybridized carbons (Fsp3) is 0.667. The number of unbranched alkanes of at least 4 members (excludes halogenated alkanes) is 2. The number of nitrogens with one attached hydrogen (secondary N) is 1. The second-order valence-corrected chi connectivity index (χ2v) is 7.09. The molecule has 0 radical (unpaired) electrons. The lowest BCUT2D eigenvalue weighted by molar-refractivity contribution is 0.502. The summed E-state index contributed by atoms with van der Waals surface area (Å²) >= 11 is 1.95. The Labute approximate surface area is 129 Å². The van der Waals surface area contributed by atoms with Crippen molar-refractivity contribution in [3.8, 4) is 0 Å². The van der Waals surface area contributed by atoms with Gasteiger partial charge in [0.25, 0.3) is 0 Å². The smallest absolute Gasteiger partial charge is 0.0106 e. The number of hydrogen-bond donors (Lipinski definition) is 1. The molecule has 20 heavy (non-hydrogen) atoms. The van der Waals surface area contributed by atoms with Crippen molar-refractivity contribution >= 4 is 11.8 Å². The van der Waals surface area contributed by atoms with Crippen LogP contribution in [0.3, 0.4) is 0 Å². The van der Waals surface area contributed by atoms with Crippen LogP contribution < -0.4 is 5.32 Å². The van der Waals surface area contributed by atoms with Gasteiger partial charge >= 0.3 is 0 Å². The average molecular weight is 294 g/mol. The summed E-state index contributed by atoms with van der Waals surface area (Å²) < 4.78 is 0. The maximum Gasteiger partial charge on any atom is 0.0106 e. The first-order valence-corrected chi connectivity index (χ1v) is 9.08. The molecule has 0 heterocycles. The van der Waals surface area contributed by atoms with Gasteiger partial charge < -0.3 is 5.32 Å². The van der Waals surface area contributed by atoms with Crippen molar-refractivity contribution in [3.63, 3.8) is 0 Å². The maximum absolute atomic E-state index is 3.62. The van der Waals surface area contributed by atoms with Gasteiger partial charge in [-0.1, -0.05) is 52.2 Å². The Morgan fingerprint density at radius 1 is 1.05 bits per heavy atom. The van der Waals surface area contributed by atoms with E-state index in [1.165, 1.54) is 36.1 Å². The Kier molecular flexibility index (Phi) is 9.04. The van der Waals surface area contributed by atoms with E-state index in [0.717, 1.165) is 12.3 Å². The van der Waals surface area contributed by atoms with Gasteiger partial charge in [-0.2, -0.15) is 0 Å². The Morgan fingerprint density at radius 3 is 2.35 bits per heavy atom. The summed E-state index contributed by atoms with van der Waals surface area (Å²) in [5, 5.41) is 3.62. The lowest BCUT2D eigenvalue weighted by atomic mass is 10.0. The molecule has 0 spiro atoms. The summed E-state index contributed by atoms with van der Waals surface area (Å²) in [7, 11) is 0. The van der Waals surface area contributed by atoms with Crippen LogP contribution in [0.15, 0.2) is 29.2 Å². The third-order valence-corrected chi connectivity index (χ3v) is 4.66. The second kappa shape index (κ2) is 10.3. The predicted octanol–water partition coefficient (Wildman–Crippen LogP) is 5.46. The fourth-order valence-corrected chi connectivity index (χ4v) is 3.01. The first kappa shape index (κ1) is 17.6. The average Bonchev–Trinajstić information content (AvgIpc) is 2.44. The van der Waals surface area contributed by atoms with Gasteiger partial charge in [0.1, 0.15) is 0 Å². The van der Waals surface area contributed by atoms with E-state index in [9.17, 15) is 0 Å². The van der Waals surface area contributed by atoms with Crippen molar-refractivity contribution in [3.05, 3.63) is 29.8 Å². The minimum atomic E-state index is 0.625. The predicted molar refractivity (Wildman–Crippen MR) is 92.9 cm³/mol. The van der Waals surface area contributed by atoms with E-state index in [2.05, 4.69) is 57.3 Å². The van der Waals surface area contributed by atoms with Crippen LogP contribution in [0.25, 0.3) is 0 Å². The number of thioether (sulfide) groups is 1. The molecular formula is C18H31NS. The van der Waals surface area contributed by atoms with Crippen LogP contribution in [0, 0.1) is 0 Å². The lowest BCUT2D eigenvalue weighted by Gasteiger charge is -2.13. The molecule has 0 amide bonds. The van der Waals surface area contributed by atoms with Gasteiger partial charge in [-0.25, -0.2) is 0 Å². The number of hydrogen-bond acceptors (Lipinski definition) is 2. The molecule has 2 heteroatoms. The minimum absolute atomic E-state index is 0.625. The molecule has 0 aliphatic carbocycles. The van der Waals surface area contributed by atoms with Crippen molar-refractivity contribution in [2.75, 3.05) is 12.3 Å². The highest BCUT2D eigenvalue weighted by atomic mass is 32.2. The van der Waals surface area contributed by atoms with Crippen LogP contribution in [-0.4, -0.2) is 18.3 Å². The molecule has 1 N–H and O–H groups in total. The van der Waals surface area contributed by atoms with Crippen LogP contribution in [0.4, 0.5) is 0 Å². The molecule has 1 nitrogen and oxygen atoms in total. The van der Waals surface area contributed by atoms with Gasteiger partial charge in [-0.05, 0) is 37.0 Å². The normalized spacial score (nSPS) is 12.8. The quantitative estimate of drug-likeness (QED) is 0.454. The summed E-state index contributed by atoms with van der Waals surface area (Å²) in [6.07, 6.45) is 5.34. The molecule has 1 rings (SSSR count). The Balaban J connectivity index is 2.14. The molecule has 1 atom stereocenters. The molecule has 1 unspecified atom stereocenters. The SMILES string of the molecule is CCCCCC(C)NCCSc1ccc(C(C)C)cc1. The highest BCUT2D eigenvalue weighted by Gasteiger charge is 2.02. The zero-order valence-corrected chi connectivity index (χ0v) is 14.4. The van der Waals surface area contributed by atoms with Crippen molar-refractivity contribution in [2.45, 2.75) is 70.2 Å². The van der Waals surface area contributed by atoms with Crippen LogP contribution >= 0.6 is 11.8 Å². The van der Waals surface area contributed by atoms with Gasteiger partial charge in [0.15, 0.2) is 0 Å². The Bertz CT molecular complexity index is 345. The second-order valence-electron chi connectivity index (χ2n) is 5.92. The zero-order chi connectivity index (χ0) is 14.8. The summed E-state index contributed by atoms with van der Waals surface area (Å²) in [4.78, 5) is 1.38. The van der Waals surface area contributed by atoms with Gasteiger partial charge in [-0.15, -0.1) is 11.8 Å². The third-order valence-electron chi connectivity index (χ3n) is 3.65. The van der Waals surface area contributed by atoms with Crippen molar-refractivity contribution in [1.29, 1.82) is 0 Å². The van der Waals surface area contributed by atoms with E-state index in [1.807, 2.05) is 11.8 Å². The maximum atomic E-state index is 3.62. The molecule has 0 saturated carbocycles. The monoisotopic (exact) mass is 293 g/mol. The van der Waals surface area contributed by atoms with E-state index < -0.39 is 0 Å². The van der Waals surface area contributed by atoms with Crippen molar-refractivity contribution in [2.24, 2.45) is 0 Å². The standard InChI is InChI=1S/C18H31NS/c1-5-6-7-8-16(4)19-13-14-20-18-11-9-17(10-12-18)15(2)3/h9-12,15-16,19H,5-8,13-14H2,1-4H3. The summed E-state index contributed by atoms with van der Waals surface area (Å²) in [5.41, 5.74) is 1.43. The molecule has 0 aliphatic rings. The van der Waals surface area contributed by atoms with Gasteiger partial charge in [0.05, 0.1) is 0 Å². The fourth-order valence-electron chi connectivity index (χ4n) is 2.23. The zero-order valence-electron chi connectivity index (χ0n) is 13.6. The summed E-state index contributed by atoms with van der Waals surface area (Å²) in [5.74, 6) is 1.78. The summed E-state index contributed by atoms with van der Waals surface area (Å²) in [6, 6.07) is 9.68. The minimum Gasteiger partial charge on any atom is -0.313 e. The topological polar surface area (TPSA) is 12.0 Å². The van der Waals surface area contributed by atoms with Gasteiger partial charge in [-0.3, -0.25) is 0 Å². The van der Waals surface area contributed by atoms with Crippen LogP contribution in [0.2, 0.25) is 0 Å². The Morgan fingerprint density at radius 2 is 1.75 bits per heavy atom. The highest BCUT2D eigenvalue weighted by Crippen LogP contribution is 2.21. The van der Waals surface area contributed by atoms with E-state index in [1.54, 1.807) is 0 Å².